The number of carbonyl (C=O) groups excluding carboxylic acids is 4. The minimum atomic E-state index is -1.06. The van der Waals surface area contributed by atoms with Crippen molar-refractivity contribution in [2.75, 3.05) is 18.5 Å². The highest BCUT2D eigenvalue weighted by atomic mass is 16.5. The molecule has 1 saturated heterocycles. The number of hydrogen-bond donors (Lipinski definition) is 3. The lowest BCUT2D eigenvalue weighted by atomic mass is 9.80. The number of Topliss-reactive ketones (excluding diaryl/α,β-unsaturated/α-hetero) is 1. The second-order valence-corrected chi connectivity index (χ2v) is 13.7. The Bertz CT molecular complexity index is 1390. The standard InChI is InChI=1S/C31H43N5O6/c1-7-41-17-11-12-21-19(14-17)34-29(42-21)35-25(30(2,3)4)28(40)36-15-18-22(31(18,5)6)23(36)27(39)33-20(24(37)26(32)38)13-16-9-8-10-16/h11-12,14,16,18,20,22-23,25H,7-10,13,15H2,1-6H3,(H2,32,38)(H,33,39)(H,34,35)/t18?,20?,22-,23-,25+/m0/s1. The molecule has 2 unspecified atom stereocenters. The zero-order chi connectivity index (χ0) is 30.6. The number of hydrogen-bond acceptors (Lipinski definition) is 8. The Morgan fingerprint density at radius 1 is 1.21 bits per heavy atom. The molecule has 11 nitrogen and oxygen atoms in total. The lowest BCUT2D eigenvalue weighted by Crippen LogP contribution is -2.58. The summed E-state index contributed by atoms with van der Waals surface area (Å²) in [7, 11) is 0. The van der Waals surface area contributed by atoms with Crippen LogP contribution >= 0.6 is 0 Å². The molecule has 0 bridgehead atoms. The van der Waals surface area contributed by atoms with E-state index in [1.807, 2.05) is 27.7 Å². The van der Waals surface area contributed by atoms with E-state index >= 15 is 0 Å². The number of oxazole rings is 1. The Kier molecular flexibility index (Phi) is 7.74. The van der Waals surface area contributed by atoms with Crippen LogP contribution in [0.3, 0.4) is 0 Å². The molecular formula is C31H43N5O6. The molecule has 3 fully saturated rings. The molecule has 1 aromatic carbocycles. The summed E-state index contributed by atoms with van der Waals surface area (Å²) in [5.41, 5.74) is 5.80. The molecule has 5 atom stereocenters. The number of nitrogens with zero attached hydrogens (tertiary/aromatic N) is 2. The molecule has 2 aromatic rings. The third-order valence-corrected chi connectivity index (χ3v) is 9.48. The molecule has 3 aliphatic rings. The zero-order valence-corrected chi connectivity index (χ0v) is 25.4. The first-order valence-electron chi connectivity index (χ1n) is 15.0. The number of fused-ring (bicyclic) bond motifs is 2. The summed E-state index contributed by atoms with van der Waals surface area (Å²) < 4.78 is 11.5. The van der Waals surface area contributed by atoms with Crippen molar-refractivity contribution >= 4 is 40.6 Å². The van der Waals surface area contributed by atoms with Crippen molar-refractivity contribution in [3.05, 3.63) is 18.2 Å². The van der Waals surface area contributed by atoms with Gasteiger partial charge in [-0.25, -0.2) is 0 Å². The lowest BCUT2D eigenvalue weighted by Gasteiger charge is -2.38. The average molecular weight is 582 g/mol. The quantitative estimate of drug-likeness (QED) is 0.341. The molecule has 3 amide bonds. The van der Waals surface area contributed by atoms with E-state index in [0.29, 0.717) is 36.4 Å². The van der Waals surface area contributed by atoms with E-state index in [1.165, 1.54) is 0 Å². The summed E-state index contributed by atoms with van der Waals surface area (Å²) in [6.45, 7) is 12.9. The first-order chi connectivity index (χ1) is 19.7. The molecule has 11 heteroatoms. The minimum Gasteiger partial charge on any atom is -0.494 e. The summed E-state index contributed by atoms with van der Waals surface area (Å²) in [4.78, 5) is 58.8. The summed E-state index contributed by atoms with van der Waals surface area (Å²) in [5, 5.41) is 6.04. The number of nitrogens with one attached hydrogen (secondary N) is 2. The maximum atomic E-state index is 14.3. The van der Waals surface area contributed by atoms with E-state index in [4.69, 9.17) is 14.9 Å². The predicted molar refractivity (Wildman–Crippen MR) is 156 cm³/mol. The maximum absolute atomic E-state index is 14.3. The highest BCUT2D eigenvalue weighted by Crippen LogP contribution is 2.65. The van der Waals surface area contributed by atoms with Gasteiger partial charge < -0.3 is 30.4 Å². The van der Waals surface area contributed by atoms with E-state index in [0.717, 1.165) is 19.3 Å². The van der Waals surface area contributed by atoms with Crippen molar-refractivity contribution in [2.24, 2.45) is 34.3 Å². The molecule has 5 rings (SSSR count). The molecular weight excluding hydrogens is 538 g/mol. The van der Waals surface area contributed by atoms with Gasteiger partial charge in [0.1, 0.15) is 23.3 Å². The zero-order valence-electron chi connectivity index (χ0n) is 25.4. The Hall–Kier alpha value is -3.63. The fourth-order valence-electron chi connectivity index (χ4n) is 6.70. The Balaban J connectivity index is 1.38. The molecule has 2 heterocycles. The fourth-order valence-corrected chi connectivity index (χ4v) is 6.70. The molecule has 0 radical (unpaired) electrons. The number of anilines is 1. The number of ether oxygens (including phenoxy) is 1. The number of rotatable bonds is 11. The molecule has 1 aliphatic heterocycles. The van der Waals surface area contributed by atoms with E-state index in [9.17, 15) is 19.2 Å². The van der Waals surface area contributed by atoms with Crippen LogP contribution in [0.5, 0.6) is 5.75 Å². The smallest absolute Gasteiger partial charge is 0.296 e. The van der Waals surface area contributed by atoms with Crippen molar-refractivity contribution in [2.45, 2.75) is 85.4 Å². The van der Waals surface area contributed by atoms with Crippen LogP contribution in [0, 0.1) is 28.6 Å². The number of ketones is 1. The third kappa shape index (κ3) is 5.57. The van der Waals surface area contributed by atoms with Crippen LogP contribution in [0.25, 0.3) is 11.1 Å². The average Bonchev–Trinajstić information content (AvgIpc) is 3.24. The van der Waals surface area contributed by atoms with Crippen molar-refractivity contribution in [1.82, 2.24) is 15.2 Å². The van der Waals surface area contributed by atoms with Gasteiger partial charge in [0.25, 0.3) is 11.9 Å². The minimum absolute atomic E-state index is 0.0589. The van der Waals surface area contributed by atoms with Gasteiger partial charge in [-0.3, -0.25) is 19.2 Å². The van der Waals surface area contributed by atoms with Gasteiger partial charge in [0.2, 0.25) is 17.6 Å². The summed E-state index contributed by atoms with van der Waals surface area (Å²) in [6.07, 6.45) is 3.34. The van der Waals surface area contributed by atoms with Gasteiger partial charge in [0.05, 0.1) is 12.6 Å². The molecule has 0 spiro atoms. The monoisotopic (exact) mass is 581 g/mol. The molecule has 1 aromatic heterocycles. The molecule has 2 saturated carbocycles. The second kappa shape index (κ2) is 10.9. The van der Waals surface area contributed by atoms with Gasteiger partial charge in [-0.05, 0) is 54.1 Å². The molecule has 228 valence electrons. The summed E-state index contributed by atoms with van der Waals surface area (Å²) >= 11 is 0. The normalized spacial score (nSPS) is 24.3. The van der Waals surface area contributed by atoms with Gasteiger partial charge >= 0.3 is 0 Å². The van der Waals surface area contributed by atoms with Crippen LogP contribution in [0.15, 0.2) is 22.6 Å². The van der Waals surface area contributed by atoms with E-state index in [1.54, 1.807) is 23.1 Å². The van der Waals surface area contributed by atoms with Gasteiger partial charge in [0.15, 0.2) is 5.58 Å². The van der Waals surface area contributed by atoms with Gasteiger partial charge in [-0.1, -0.05) is 53.9 Å². The number of aromatic nitrogens is 1. The second-order valence-electron chi connectivity index (χ2n) is 13.7. The van der Waals surface area contributed by atoms with Crippen LogP contribution in [0.2, 0.25) is 0 Å². The lowest BCUT2D eigenvalue weighted by molar-refractivity contribution is -0.144. The van der Waals surface area contributed by atoms with Crippen molar-refractivity contribution in [3.63, 3.8) is 0 Å². The Morgan fingerprint density at radius 3 is 2.52 bits per heavy atom. The highest BCUT2D eigenvalue weighted by molar-refractivity contribution is 6.37. The number of carbonyl (C=O) groups is 4. The number of primary amides is 1. The first kappa shape index (κ1) is 29.8. The van der Waals surface area contributed by atoms with Gasteiger partial charge in [-0.15, -0.1) is 0 Å². The molecule has 2 aliphatic carbocycles. The van der Waals surface area contributed by atoms with Gasteiger partial charge in [-0.2, -0.15) is 4.98 Å². The summed E-state index contributed by atoms with van der Waals surface area (Å²) in [5.74, 6) is -1.50. The largest absolute Gasteiger partial charge is 0.494 e. The first-order valence-corrected chi connectivity index (χ1v) is 15.0. The van der Waals surface area contributed by atoms with Crippen molar-refractivity contribution in [3.8, 4) is 5.75 Å². The summed E-state index contributed by atoms with van der Waals surface area (Å²) in [6, 6.07) is 3.04. The number of nitrogens with two attached hydrogens (primary N) is 1. The highest BCUT2D eigenvalue weighted by Gasteiger charge is 2.70. The van der Waals surface area contributed by atoms with Crippen LogP contribution < -0.4 is 21.1 Å². The number of benzene rings is 1. The van der Waals surface area contributed by atoms with Crippen LogP contribution in [-0.4, -0.2) is 64.7 Å². The Labute approximate surface area is 246 Å². The van der Waals surface area contributed by atoms with Crippen molar-refractivity contribution < 1.29 is 28.3 Å². The molecule has 4 N–H and O–H groups in total. The van der Waals surface area contributed by atoms with Crippen molar-refractivity contribution in [1.29, 1.82) is 0 Å². The topological polar surface area (TPSA) is 157 Å². The van der Waals surface area contributed by atoms with Crippen LogP contribution in [0.1, 0.15) is 67.2 Å². The predicted octanol–water partition coefficient (Wildman–Crippen LogP) is 3.27. The third-order valence-electron chi connectivity index (χ3n) is 9.48. The van der Waals surface area contributed by atoms with Gasteiger partial charge in [0, 0.05) is 12.6 Å². The van der Waals surface area contributed by atoms with E-state index in [2.05, 4.69) is 29.5 Å². The Morgan fingerprint density at radius 2 is 1.93 bits per heavy atom. The number of piperidine rings is 1. The van der Waals surface area contributed by atoms with E-state index < -0.39 is 41.1 Å². The SMILES string of the molecule is CCOc1ccc2oc(N[C@H](C(=O)N3CC4[C@@H]([C@H]3C(=O)NC(CC3CCC3)C(=O)C(N)=O)C4(C)C)C(C)(C)C)nc2c1. The van der Waals surface area contributed by atoms with E-state index in [-0.39, 0.29) is 35.1 Å². The van der Waals surface area contributed by atoms with Crippen LogP contribution in [0.4, 0.5) is 6.01 Å². The number of amides is 3. The number of likely N-dealkylation sites (tertiary alicyclic amines) is 1. The van der Waals surface area contributed by atoms with Crippen LogP contribution in [-0.2, 0) is 19.2 Å². The maximum Gasteiger partial charge on any atom is 0.296 e. The fraction of sp³-hybridized carbons (Fsp3) is 0.645. The molecule has 42 heavy (non-hydrogen) atoms.